The zero-order valence-electron chi connectivity index (χ0n) is 13.4. The highest BCUT2D eigenvalue weighted by molar-refractivity contribution is 9.10. The molecule has 1 heterocycles. The smallest absolute Gasteiger partial charge is 0.248 e. The van der Waals surface area contributed by atoms with Gasteiger partial charge < -0.3 is 15.5 Å². The number of carbonyl (C=O) groups excluding carboxylic acids is 1. The summed E-state index contributed by atoms with van der Waals surface area (Å²) in [5.74, 6) is -0.457. The zero-order valence-corrected chi connectivity index (χ0v) is 15.0. The predicted octanol–water partition coefficient (Wildman–Crippen LogP) is 4.01. The molecule has 0 unspecified atom stereocenters. The van der Waals surface area contributed by atoms with Crippen LogP contribution in [-0.2, 0) is 6.42 Å². The Morgan fingerprint density at radius 1 is 1.20 bits per heavy atom. The number of hydrogen-bond acceptors (Lipinski definition) is 3. The molecular formula is C19H16BrN3O2. The third-order valence-corrected chi connectivity index (χ3v) is 5.32. The van der Waals surface area contributed by atoms with Crippen LogP contribution in [0.2, 0.25) is 0 Å². The number of para-hydroxylation sites is 1. The fraction of sp³-hybridized carbons (Fsp3) is 0.158. The molecule has 4 rings (SSSR count). The lowest BCUT2D eigenvalue weighted by molar-refractivity contribution is 0.1000. The van der Waals surface area contributed by atoms with Gasteiger partial charge in [-0.1, -0.05) is 23.4 Å². The first-order valence-corrected chi connectivity index (χ1v) is 8.84. The zero-order chi connectivity index (χ0) is 17.6. The summed E-state index contributed by atoms with van der Waals surface area (Å²) in [6, 6.07) is 13.4. The summed E-state index contributed by atoms with van der Waals surface area (Å²) in [7, 11) is 0. The standard InChI is InChI=1S/C19H16BrN3O2/c20-13-10-11(19(21)24)8-9-16(13)23-15-6-2-1-4-12(15)18-14(22-25)5-3-7-17(18)23/h1-2,4,6,8-10,25H,3,5,7H2,(H2,21,24)/b22-14+. The molecule has 0 atom stereocenters. The average molecular weight is 398 g/mol. The van der Waals surface area contributed by atoms with Gasteiger partial charge in [0, 0.05) is 26.7 Å². The van der Waals surface area contributed by atoms with Crippen molar-refractivity contribution in [3.63, 3.8) is 0 Å². The Labute approximate surface area is 152 Å². The molecule has 3 aromatic rings. The van der Waals surface area contributed by atoms with Crippen molar-refractivity contribution in [2.75, 3.05) is 0 Å². The van der Waals surface area contributed by atoms with Crippen LogP contribution in [0.3, 0.4) is 0 Å². The topological polar surface area (TPSA) is 80.6 Å². The van der Waals surface area contributed by atoms with Crippen molar-refractivity contribution >= 4 is 38.5 Å². The van der Waals surface area contributed by atoms with E-state index in [0.29, 0.717) is 5.56 Å². The van der Waals surface area contributed by atoms with Crippen LogP contribution in [0, 0.1) is 0 Å². The van der Waals surface area contributed by atoms with Crippen molar-refractivity contribution in [1.82, 2.24) is 4.57 Å². The van der Waals surface area contributed by atoms with Crippen LogP contribution in [-0.4, -0.2) is 21.4 Å². The monoisotopic (exact) mass is 397 g/mol. The van der Waals surface area contributed by atoms with Crippen molar-refractivity contribution in [3.8, 4) is 5.69 Å². The van der Waals surface area contributed by atoms with E-state index in [2.05, 4.69) is 31.7 Å². The minimum absolute atomic E-state index is 0.457. The lowest BCUT2D eigenvalue weighted by Crippen LogP contribution is -2.14. The van der Waals surface area contributed by atoms with E-state index in [0.717, 1.165) is 57.3 Å². The van der Waals surface area contributed by atoms with Crippen molar-refractivity contribution < 1.29 is 10.0 Å². The number of nitrogens with zero attached hydrogens (tertiary/aromatic N) is 2. The van der Waals surface area contributed by atoms with Crippen molar-refractivity contribution in [1.29, 1.82) is 0 Å². The molecule has 126 valence electrons. The highest BCUT2D eigenvalue weighted by Gasteiger charge is 2.26. The second kappa shape index (κ2) is 6.04. The molecule has 25 heavy (non-hydrogen) atoms. The Hall–Kier alpha value is -2.60. The number of oxime groups is 1. The molecule has 3 N–H and O–H groups in total. The molecule has 1 aliphatic rings. The van der Waals surface area contributed by atoms with E-state index in [1.165, 1.54) is 0 Å². The third kappa shape index (κ3) is 2.44. The van der Waals surface area contributed by atoms with Gasteiger partial charge in [0.25, 0.3) is 0 Å². The first kappa shape index (κ1) is 15.9. The summed E-state index contributed by atoms with van der Waals surface area (Å²) in [6.45, 7) is 0. The molecule has 6 heteroatoms. The van der Waals surface area contributed by atoms with E-state index in [9.17, 15) is 10.0 Å². The Morgan fingerprint density at radius 3 is 2.72 bits per heavy atom. The summed E-state index contributed by atoms with van der Waals surface area (Å²) in [6.07, 6.45) is 2.59. The number of benzene rings is 2. The van der Waals surface area contributed by atoms with Crippen LogP contribution in [0.1, 0.15) is 34.5 Å². The maximum absolute atomic E-state index is 11.4. The van der Waals surface area contributed by atoms with E-state index >= 15 is 0 Å². The fourth-order valence-electron chi connectivity index (χ4n) is 3.62. The molecule has 1 aromatic heterocycles. The van der Waals surface area contributed by atoms with Crippen LogP contribution in [0.4, 0.5) is 0 Å². The normalized spacial score (nSPS) is 15.5. The first-order valence-electron chi connectivity index (χ1n) is 8.05. The quantitative estimate of drug-likeness (QED) is 0.505. The van der Waals surface area contributed by atoms with Gasteiger partial charge in [-0.2, -0.15) is 0 Å². The molecule has 1 aliphatic carbocycles. The van der Waals surface area contributed by atoms with Crippen LogP contribution >= 0.6 is 15.9 Å². The van der Waals surface area contributed by atoms with Gasteiger partial charge in [-0.15, -0.1) is 0 Å². The maximum atomic E-state index is 11.4. The van der Waals surface area contributed by atoms with E-state index < -0.39 is 5.91 Å². The van der Waals surface area contributed by atoms with Crippen molar-refractivity contribution in [3.05, 3.63) is 63.8 Å². The number of hydrogen-bond donors (Lipinski definition) is 2. The maximum Gasteiger partial charge on any atom is 0.248 e. The fourth-order valence-corrected chi connectivity index (χ4v) is 4.17. The van der Waals surface area contributed by atoms with Crippen LogP contribution in [0.5, 0.6) is 0 Å². The molecule has 0 aliphatic heterocycles. The van der Waals surface area contributed by atoms with Gasteiger partial charge >= 0.3 is 0 Å². The van der Waals surface area contributed by atoms with Crippen LogP contribution in [0.25, 0.3) is 16.6 Å². The van der Waals surface area contributed by atoms with Gasteiger partial charge in [0.05, 0.1) is 16.9 Å². The molecular weight excluding hydrogens is 382 g/mol. The number of aromatic nitrogens is 1. The Balaban J connectivity index is 2.05. The van der Waals surface area contributed by atoms with Crippen LogP contribution < -0.4 is 5.73 Å². The summed E-state index contributed by atoms with van der Waals surface area (Å²) < 4.78 is 2.96. The third-order valence-electron chi connectivity index (χ3n) is 4.68. The number of rotatable bonds is 2. The van der Waals surface area contributed by atoms with Gasteiger partial charge in [0.1, 0.15) is 0 Å². The summed E-state index contributed by atoms with van der Waals surface area (Å²) in [4.78, 5) is 11.4. The lowest BCUT2D eigenvalue weighted by atomic mass is 9.93. The Morgan fingerprint density at radius 2 is 2.00 bits per heavy atom. The number of nitrogens with two attached hydrogens (primary N) is 1. The number of halogens is 1. The molecule has 0 saturated carbocycles. The minimum atomic E-state index is -0.457. The lowest BCUT2D eigenvalue weighted by Gasteiger charge is -2.18. The molecule has 2 aromatic carbocycles. The van der Waals surface area contributed by atoms with E-state index in [1.54, 1.807) is 12.1 Å². The molecule has 5 nitrogen and oxygen atoms in total. The summed E-state index contributed by atoms with van der Waals surface area (Å²) in [5, 5.41) is 14.0. The van der Waals surface area contributed by atoms with Crippen molar-refractivity contribution in [2.24, 2.45) is 10.9 Å². The number of carbonyl (C=O) groups is 1. The molecule has 0 radical (unpaired) electrons. The summed E-state index contributed by atoms with van der Waals surface area (Å²) in [5.41, 5.74) is 10.7. The second-order valence-electron chi connectivity index (χ2n) is 6.10. The first-order chi connectivity index (χ1) is 12.1. The number of amides is 1. The van der Waals surface area contributed by atoms with E-state index in [-0.39, 0.29) is 0 Å². The van der Waals surface area contributed by atoms with Gasteiger partial charge in [0.15, 0.2) is 0 Å². The number of fused-ring (bicyclic) bond motifs is 3. The van der Waals surface area contributed by atoms with E-state index in [1.807, 2.05) is 24.3 Å². The minimum Gasteiger partial charge on any atom is -0.411 e. The van der Waals surface area contributed by atoms with Gasteiger partial charge in [0.2, 0.25) is 5.91 Å². The molecule has 0 fully saturated rings. The highest BCUT2D eigenvalue weighted by Crippen LogP contribution is 2.36. The summed E-state index contributed by atoms with van der Waals surface area (Å²) >= 11 is 3.57. The van der Waals surface area contributed by atoms with Crippen LogP contribution in [0.15, 0.2) is 52.1 Å². The highest BCUT2D eigenvalue weighted by atomic mass is 79.9. The SMILES string of the molecule is NC(=O)c1ccc(-n2c3c(c4ccccc42)/C(=N/O)CCC3)c(Br)c1. The predicted molar refractivity (Wildman–Crippen MR) is 101 cm³/mol. The molecule has 0 spiro atoms. The molecule has 0 bridgehead atoms. The Kier molecular flexibility index (Phi) is 3.84. The van der Waals surface area contributed by atoms with Gasteiger partial charge in [-0.25, -0.2) is 0 Å². The van der Waals surface area contributed by atoms with Gasteiger partial charge in [-0.05, 0) is 59.5 Å². The number of primary amides is 1. The average Bonchev–Trinajstić information content (AvgIpc) is 2.96. The molecule has 1 amide bonds. The molecule has 0 saturated heterocycles. The largest absolute Gasteiger partial charge is 0.411 e. The Bertz CT molecular complexity index is 1040. The van der Waals surface area contributed by atoms with Gasteiger partial charge in [-0.3, -0.25) is 4.79 Å². The van der Waals surface area contributed by atoms with E-state index in [4.69, 9.17) is 5.73 Å². The second-order valence-corrected chi connectivity index (χ2v) is 6.96. The van der Waals surface area contributed by atoms with Crippen molar-refractivity contribution in [2.45, 2.75) is 19.3 Å².